The highest BCUT2D eigenvalue weighted by atomic mass is 16.4. The van der Waals surface area contributed by atoms with E-state index >= 15 is 0 Å². The van der Waals surface area contributed by atoms with Crippen LogP contribution in [0, 0.1) is 5.92 Å². The van der Waals surface area contributed by atoms with Crippen molar-refractivity contribution in [2.45, 2.75) is 32.6 Å². The number of hydrogen-bond acceptors (Lipinski definition) is 3. The fourth-order valence-electron chi connectivity index (χ4n) is 3.39. The quantitative estimate of drug-likeness (QED) is 0.927. The minimum Gasteiger partial charge on any atom is -0.478 e. The van der Waals surface area contributed by atoms with Crippen molar-refractivity contribution in [2.24, 2.45) is 5.92 Å². The van der Waals surface area contributed by atoms with Gasteiger partial charge in [-0.15, -0.1) is 0 Å². The van der Waals surface area contributed by atoms with Crippen molar-refractivity contribution >= 4 is 17.3 Å². The molecule has 0 atom stereocenters. The van der Waals surface area contributed by atoms with Gasteiger partial charge in [-0.05, 0) is 49.8 Å². The molecule has 21 heavy (non-hydrogen) atoms. The largest absolute Gasteiger partial charge is 0.478 e. The number of carbonyl (C=O) groups is 1. The number of benzene rings is 1. The van der Waals surface area contributed by atoms with Crippen LogP contribution in [0.15, 0.2) is 18.2 Å². The second kappa shape index (κ2) is 5.96. The van der Waals surface area contributed by atoms with Gasteiger partial charge in [0.25, 0.3) is 0 Å². The number of piperidine rings is 1. The van der Waals surface area contributed by atoms with Gasteiger partial charge >= 0.3 is 5.97 Å². The summed E-state index contributed by atoms with van der Waals surface area (Å²) < 4.78 is 0. The molecule has 2 fully saturated rings. The number of aromatic carboxylic acids is 1. The first kappa shape index (κ1) is 14.2. The zero-order valence-electron chi connectivity index (χ0n) is 12.7. The number of carboxylic acid groups (broad SMARTS) is 1. The summed E-state index contributed by atoms with van der Waals surface area (Å²) in [6.07, 6.45) is 4.70. The number of anilines is 2. The maximum absolute atomic E-state index is 11.7. The van der Waals surface area contributed by atoms with Crippen LogP contribution in [-0.4, -0.2) is 37.3 Å². The Balaban J connectivity index is 1.87. The first-order chi connectivity index (χ1) is 10.1. The first-order valence-electron chi connectivity index (χ1n) is 8.02. The predicted octanol–water partition coefficient (Wildman–Crippen LogP) is 3.22. The molecule has 2 aliphatic rings. The molecule has 114 valence electrons. The zero-order chi connectivity index (χ0) is 14.8. The van der Waals surface area contributed by atoms with Crippen molar-refractivity contribution in [3.63, 3.8) is 0 Å². The highest BCUT2D eigenvalue weighted by Crippen LogP contribution is 2.31. The Labute approximate surface area is 126 Å². The molecule has 2 aliphatic heterocycles. The van der Waals surface area contributed by atoms with Gasteiger partial charge in [0.1, 0.15) is 0 Å². The summed E-state index contributed by atoms with van der Waals surface area (Å²) in [5, 5.41) is 9.57. The monoisotopic (exact) mass is 288 g/mol. The average Bonchev–Trinajstić information content (AvgIpc) is 3.02. The second-order valence-electron chi connectivity index (χ2n) is 6.37. The van der Waals surface area contributed by atoms with Crippen LogP contribution in [0.2, 0.25) is 0 Å². The third-order valence-electron chi connectivity index (χ3n) is 4.81. The number of carboxylic acids is 1. The molecule has 4 heteroatoms. The molecule has 1 aromatic rings. The molecule has 0 radical (unpaired) electrons. The third kappa shape index (κ3) is 2.99. The highest BCUT2D eigenvalue weighted by Gasteiger charge is 2.22. The fraction of sp³-hybridized carbons (Fsp3) is 0.588. The zero-order valence-corrected chi connectivity index (χ0v) is 12.7. The Morgan fingerprint density at radius 2 is 1.76 bits per heavy atom. The molecule has 1 aromatic carbocycles. The van der Waals surface area contributed by atoms with Gasteiger partial charge in [-0.1, -0.05) is 6.92 Å². The van der Waals surface area contributed by atoms with Gasteiger partial charge in [-0.2, -0.15) is 0 Å². The Bertz CT molecular complexity index is 516. The van der Waals surface area contributed by atoms with Gasteiger partial charge in [-0.3, -0.25) is 0 Å². The van der Waals surface area contributed by atoms with Gasteiger partial charge in [0.2, 0.25) is 0 Å². The molecule has 2 saturated heterocycles. The van der Waals surface area contributed by atoms with Crippen LogP contribution in [0.1, 0.15) is 43.0 Å². The van der Waals surface area contributed by atoms with Crippen LogP contribution in [0.3, 0.4) is 0 Å². The standard InChI is InChI=1S/C17H24N2O2/c1-13-6-10-19(11-7-13)16-5-4-14(12-15(16)17(20)21)18-8-2-3-9-18/h4-5,12-13H,2-3,6-11H2,1H3,(H,20,21). The van der Waals surface area contributed by atoms with Crippen molar-refractivity contribution in [1.82, 2.24) is 0 Å². The van der Waals surface area contributed by atoms with Gasteiger partial charge < -0.3 is 14.9 Å². The SMILES string of the molecule is CC1CCN(c2ccc(N3CCCC3)cc2C(=O)O)CC1. The van der Waals surface area contributed by atoms with E-state index in [1.807, 2.05) is 12.1 Å². The Hall–Kier alpha value is -1.71. The molecule has 0 amide bonds. The first-order valence-corrected chi connectivity index (χ1v) is 8.02. The lowest BCUT2D eigenvalue weighted by atomic mass is 9.98. The van der Waals surface area contributed by atoms with E-state index in [9.17, 15) is 9.90 Å². The average molecular weight is 288 g/mol. The van der Waals surface area contributed by atoms with E-state index in [-0.39, 0.29) is 0 Å². The van der Waals surface area contributed by atoms with Crippen molar-refractivity contribution in [3.05, 3.63) is 23.8 Å². The molecule has 0 saturated carbocycles. The van der Waals surface area contributed by atoms with Crippen molar-refractivity contribution in [1.29, 1.82) is 0 Å². The van der Waals surface area contributed by atoms with Crippen LogP contribution >= 0.6 is 0 Å². The summed E-state index contributed by atoms with van der Waals surface area (Å²) in [5.41, 5.74) is 2.39. The molecule has 4 nitrogen and oxygen atoms in total. The number of hydrogen-bond donors (Lipinski definition) is 1. The lowest BCUT2D eigenvalue weighted by Gasteiger charge is -2.33. The molecular weight excluding hydrogens is 264 g/mol. The number of rotatable bonds is 3. The van der Waals surface area contributed by atoms with Gasteiger partial charge in [0.05, 0.1) is 11.3 Å². The lowest BCUT2D eigenvalue weighted by Crippen LogP contribution is -2.34. The van der Waals surface area contributed by atoms with Crippen LogP contribution in [0.4, 0.5) is 11.4 Å². The summed E-state index contributed by atoms with van der Waals surface area (Å²) in [4.78, 5) is 16.2. The Morgan fingerprint density at radius 1 is 1.10 bits per heavy atom. The topological polar surface area (TPSA) is 43.8 Å². The van der Waals surface area contributed by atoms with Crippen LogP contribution < -0.4 is 9.80 Å². The van der Waals surface area contributed by atoms with E-state index in [1.54, 1.807) is 0 Å². The van der Waals surface area contributed by atoms with Crippen LogP contribution in [-0.2, 0) is 0 Å². The van der Waals surface area contributed by atoms with E-state index in [1.165, 1.54) is 12.8 Å². The van der Waals surface area contributed by atoms with Crippen LogP contribution in [0.5, 0.6) is 0 Å². The van der Waals surface area contributed by atoms with Crippen LogP contribution in [0.25, 0.3) is 0 Å². The van der Waals surface area contributed by atoms with E-state index in [0.29, 0.717) is 5.56 Å². The molecule has 2 heterocycles. The molecule has 0 unspecified atom stereocenters. The predicted molar refractivity (Wildman–Crippen MR) is 85.5 cm³/mol. The van der Waals surface area contributed by atoms with Gasteiger partial charge in [0, 0.05) is 31.9 Å². The Morgan fingerprint density at radius 3 is 2.38 bits per heavy atom. The maximum atomic E-state index is 11.7. The molecule has 0 spiro atoms. The third-order valence-corrected chi connectivity index (χ3v) is 4.81. The molecule has 0 aromatic heterocycles. The second-order valence-corrected chi connectivity index (χ2v) is 6.37. The molecule has 0 bridgehead atoms. The van der Waals surface area contributed by atoms with Gasteiger partial charge in [0.15, 0.2) is 0 Å². The number of nitrogens with zero attached hydrogens (tertiary/aromatic N) is 2. The molecule has 3 rings (SSSR count). The van der Waals surface area contributed by atoms with E-state index < -0.39 is 5.97 Å². The minimum absolute atomic E-state index is 0.453. The van der Waals surface area contributed by atoms with Crippen molar-refractivity contribution in [3.8, 4) is 0 Å². The summed E-state index contributed by atoms with van der Waals surface area (Å²) >= 11 is 0. The summed E-state index contributed by atoms with van der Waals surface area (Å²) in [7, 11) is 0. The Kier molecular flexibility index (Phi) is 4.04. The van der Waals surface area contributed by atoms with Gasteiger partial charge in [-0.25, -0.2) is 4.79 Å². The van der Waals surface area contributed by atoms with Crippen molar-refractivity contribution < 1.29 is 9.90 Å². The fourth-order valence-corrected chi connectivity index (χ4v) is 3.39. The molecule has 1 N–H and O–H groups in total. The van der Waals surface area contributed by atoms with E-state index in [4.69, 9.17) is 0 Å². The minimum atomic E-state index is -0.815. The summed E-state index contributed by atoms with van der Waals surface area (Å²) in [6, 6.07) is 5.96. The molecule has 0 aliphatic carbocycles. The summed E-state index contributed by atoms with van der Waals surface area (Å²) in [6.45, 7) is 6.28. The van der Waals surface area contributed by atoms with Crippen molar-refractivity contribution in [2.75, 3.05) is 36.0 Å². The molecular formula is C17H24N2O2. The van der Waals surface area contributed by atoms with E-state index in [2.05, 4.69) is 22.8 Å². The maximum Gasteiger partial charge on any atom is 0.337 e. The van der Waals surface area contributed by atoms with E-state index in [0.717, 1.165) is 56.3 Å². The lowest BCUT2D eigenvalue weighted by molar-refractivity contribution is 0.0697. The highest BCUT2D eigenvalue weighted by molar-refractivity contribution is 5.96. The normalized spacial score (nSPS) is 20.0. The summed E-state index contributed by atoms with van der Waals surface area (Å²) in [5.74, 6) is -0.0666. The smallest absolute Gasteiger partial charge is 0.337 e.